The van der Waals surface area contributed by atoms with E-state index in [1.165, 1.54) is 12.8 Å². The molecule has 0 unspecified atom stereocenters. The van der Waals surface area contributed by atoms with Crippen LogP contribution in [0.5, 0.6) is 0 Å². The number of hydrogen-bond donors (Lipinski definition) is 2. The number of aliphatic imine (C=N–C) groups is 1. The van der Waals surface area contributed by atoms with Crippen LogP contribution in [0.3, 0.4) is 0 Å². The van der Waals surface area contributed by atoms with E-state index in [1.54, 1.807) is 4.90 Å². The van der Waals surface area contributed by atoms with E-state index in [2.05, 4.69) is 11.9 Å². The van der Waals surface area contributed by atoms with Crippen LogP contribution >= 0.6 is 0 Å². The first-order valence-electron chi connectivity index (χ1n) is 7.35. The summed E-state index contributed by atoms with van der Waals surface area (Å²) in [5, 5.41) is 29.0. The Balaban J connectivity index is 0. The standard InChI is InChI=1S/C14H28N2O4.Li/c1-2-3-4-5-6-8-13(18)15-12-16(9-7-10-17)11-14(19)20;/h17H,2-12H2,1H3,(H,15,18)(H,19,20);/q;+1/p-1. The Kier molecular flexibility index (Phi) is 17.1. The summed E-state index contributed by atoms with van der Waals surface area (Å²) in [6, 6.07) is 0. The summed E-state index contributed by atoms with van der Waals surface area (Å²) in [6.07, 6.45) is 6.31. The molecule has 0 fully saturated rings. The van der Waals surface area contributed by atoms with E-state index in [4.69, 9.17) is 10.2 Å². The van der Waals surface area contributed by atoms with Crippen molar-refractivity contribution in [3.05, 3.63) is 0 Å². The summed E-state index contributed by atoms with van der Waals surface area (Å²) < 4.78 is 0. The molecule has 118 valence electrons. The molecular formula is C14H27LiN2O4. The van der Waals surface area contributed by atoms with Crippen LogP contribution in [0.1, 0.15) is 51.9 Å². The quantitative estimate of drug-likeness (QED) is 0.174. The minimum atomic E-state index is -0.954. The Hall–Kier alpha value is -0.543. The number of unbranched alkanes of at least 4 members (excludes halogenated alkanes) is 4. The maximum atomic E-state index is 11.5. The fourth-order valence-electron chi connectivity index (χ4n) is 1.82. The first-order chi connectivity index (χ1) is 9.60. The van der Waals surface area contributed by atoms with E-state index in [0.29, 0.717) is 19.4 Å². The third kappa shape index (κ3) is 15.7. The molecule has 6 nitrogen and oxygen atoms in total. The van der Waals surface area contributed by atoms with E-state index in [1.807, 2.05) is 0 Å². The predicted molar refractivity (Wildman–Crippen MR) is 76.6 cm³/mol. The molecule has 0 saturated heterocycles. The van der Waals surface area contributed by atoms with Gasteiger partial charge in [0.1, 0.15) is 0 Å². The molecule has 0 spiro atoms. The molecule has 21 heavy (non-hydrogen) atoms. The van der Waals surface area contributed by atoms with Crippen LogP contribution in [-0.2, 0) is 4.79 Å². The van der Waals surface area contributed by atoms with E-state index in [-0.39, 0.29) is 44.6 Å². The average Bonchev–Trinajstić information content (AvgIpc) is 2.41. The van der Waals surface area contributed by atoms with Crippen molar-refractivity contribution < 1.29 is 39.0 Å². The van der Waals surface area contributed by atoms with Crippen LogP contribution in [0, 0.1) is 0 Å². The van der Waals surface area contributed by atoms with Gasteiger partial charge in [-0.15, -0.1) is 0 Å². The molecule has 0 radical (unpaired) electrons. The van der Waals surface area contributed by atoms with Crippen molar-refractivity contribution in [2.75, 3.05) is 26.4 Å². The number of hydrogen-bond acceptors (Lipinski definition) is 5. The molecule has 0 heterocycles. The summed E-state index contributed by atoms with van der Waals surface area (Å²) in [7, 11) is 0. The second-order valence-corrected chi connectivity index (χ2v) is 4.88. The van der Waals surface area contributed by atoms with Gasteiger partial charge in [-0.2, -0.15) is 0 Å². The van der Waals surface area contributed by atoms with Gasteiger partial charge in [-0.25, -0.2) is 0 Å². The number of carboxylic acids is 1. The van der Waals surface area contributed by atoms with Crippen molar-refractivity contribution in [2.45, 2.75) is 51.9 Å². The Morgan fingerprint density at radius 2 is 1.86 bits per heavy atom. The molecule has 0 aromatic heterocycles. The van der Waals surface area contributed by atoms with E-state index < -0.39 is 5.97 Å². The van der Waals surface area contributed by atoms with Gasteiger partial charge in [0.2, 0.25) is 0 Å². The fourth-order valence-corrected chi connectivity index (χ4v) is 1.82. The van der Waals surface area contributed by atoms with Gasteiger partial charge < -0.3 is 15.3 Å². The second kappa shape index (κ2) is 15.8. The van der Waals surface area contributed by atoms with Gasteiger partial charge >= 0.3 is 24.8 Å². The average molecular weight is 294 g/mol. The molecule has 0 bridgehead atoms. The zero-order valence-corrected chi connectivity index (χ0v) is 13.4. The third-order valence-electron chi connectivity index (χ3n) is 2.93. The maximum Gasteiger partial charge on any atom is 1.00 e. The number of aliphatic hydroxyl groups excluding tert-OH is 1. The number of carboxylic acid groups (broad SMARTS) is 1. The fraction of sp³-hybridized carbons (Fsp3) is 0.857. The normalized spacial score (nSPS) is 11.5. The number of aliphatic carboxylic acids is 1. The number of aliphatic hydroxyl groups is 1. The van der Waals surface area contributed by atoms with Gasteiger partial charge in [-0.1, -0.05) is 32.6 Å². The van der Waals surface area contributed by atoms with Crippen molar-refractivity contribution in [3.8, 4) is 0 Å². The molecule has 0 saturated carbocycles. The third-order valence-corrected chi connectivity index (χ3v) is 2.93. The maximum absolute atomic E-state index is 11.5. The number of carbonyl (C=O) groups is 1. The Bertz CT molecular complexity index is 288. The van der Waals surface area contributed by atoms with E-state index in [9.17, 15) is 9.90 Å². The zero-order chi connectivity index (χ0) is 15.2. The number of rotatable bonds is 13. The summed E-state index contributed by atoms with van der Waals surface area (Å²) in [6.45, 7) is 2.51. The van der Waals surface area contributed by atoms with Gasteiger partial charge in [-0.3, -0.25) is 14.7 Å². The minimum absolute atomic E-state index is 0. The summed E-state index contributed by atoms with van der Waals surface area (Å²) in [5.74, 6) is -1.12. The van der Waals surface area contributed by atoms with Crippen LogP contribution in [-0.4, -0.2) is 53.3 Å². The zero-order valence-electron chi connectivity index (χ0n) is 13.4. The van der Waals surface area contributed by atoms with Gasteiger partial charge in [0.15, 0.2) is 0 Å². The predicted octanol–water partition coefficient (Wildman–Crippen LogP) is -2.16. The summed E-state index contributed by atoms with van der Waals surface area (Å²) >= 11 is 0. The van der Waals surface area contributed by atoms with Gasteiger partial charge in [0.05, 0.1) is 13.2 Å². The van der Waals surface area contributed by atoms with Crippen LogP contribution in [0.2, 0.25) is 0 Å². The molecular weight excluding hydrogens is 267 g/mol. The molecule has 0 aliphatic rings. The summed E-state index contributed by atoms with van der Waals surface area (Å²) in [5.41, 5.74) is 0. The van der Waals surface area contributed by atoms with E-state index in [0.717, 1.165) is 19.3 Å². The van der Waals surface area contributed by atoms with Gasteiger partial charge in [-0.05, 0) is 25.2 Å². The molecule has 0 rings (SSSR count). The Morgan fingerprint density at radius 1 is 1.19 bits per heavy atom. The molecule has 0 atom stereocenters. The minimum Gasteiger partial charge on any atom is -0.862 e. The van der Waals surface area contributed by atoms with Crippen molar-refractivity contribution in [1.29, 1.82) is 0 Å². The van der Waals surface area contributed by atoms with Crippen LogP contribution < -0.4 is 24.0 Å². The smallest absolute Gasteiger partial charge is 0.862 e. The second-order valence-electron chi connectivity index (χ2n) is 4.88. The van der Waals surface area contributed by atoms with Gasteiger partial charge in [0.25, 0.3) is 0 Å². The molecule has 0 aliphatic heterocycles. The molecule has 0 amide bonds. The SMILES string of the molecule is CCCCCCCC([O-])=NCN(CCCO)CC(=O)O.[Li+]. The molecule has 0 aromatic carbocycles. The molecule has 0 aromatic rings. The largest absolute Gasteiger partial charge is 1.00 e. The van der Waals surface area contributed by atoms with Gasteiger partial charge in [0, 0.05) is 13.2 Å². The Labute approximate surface area is 139 Å². The first-order valence-corrected chi connectivity index (χ1v) is 7.35. The monoisotopic (exact) mass is 294 g/mol. The number of nitrogens with zero attached hydrogens (tertiary/aromatic N) is 2. The molecule has 0 aliphatic carbocycles. The molecule has 2 N–H and O–H groups in total. The van der Waals surface area contributed by atoms with Crippen LogP contribution in [0.15, 0.2) is 4.99 Å². The van der Waals surface area contributed by atoms with Crippen LogP contribution in [0.25, 0.3) is 0 Å². The van der Waals surface area contributed by atoms with Crippen molar-refractivity contribution in [2.24, 2.45) is 4.99 Å². The summed E-state index contributed by atoms with van der Waals surface area (Å²) in [4.78, 5) is 16.1. The topological polar surface area (TPSA) is 96.2 Å². The van der Waals surface area contributed by atoms with E-state index >= 15 is 0 Å². The van der Waals surface area contributed by atoms with Crippen LogP contribution in [0.4, 0.5) is 0 Å². The van der Waals surface area contributed by atoms with Crippen molar-refractivity contribution in [1.82, 2.24) is 4.90 Å². The Morgan fingerprint density at radius 3 is 2.43 bits per heavy atom. The van der Waals surface area contributed by atoms with Crippen molar-refractivity contribution >= 4 is 11.9 Å². The van der Waals surface area contributed by atoms with Crippen molar-refractivity contribution in [3.63, 3.8) is 0 Å². The molecule has 7 heteroatoms. The first kappa shape index (κ1) is 22.7.